The highest BCUT2D eigenvalue weighted by Gasteiger charge is 2.18. The Hall–Kier alpha value is -3.11. The number of ether oxygens (including phenoxy) is 1. The Morgan fingerprint density at radius 3 is 2.64 bits per heavy atom. The van der Waals surface area contributed by atoms with Gasteiger partial charge in [-0.1, -0.05) is 42.5 Å². The molecule has 1 aliphatic rings. The number of nitrogens with zero attached hydrogens (tertiary/aromatic N) is 2. The number of oxazole rings is 1. The average molecular weight is 370 g/mol. The van der Waals surface area contributed by atoms with Gasteiger partial charge >= 0.3 is 0 Å². The molecule has 0 amide bonds. The van der Waals surface area contributed by atoms with Crippen LogP contribution in [0.4, 0.5) is 0 Å². The first-order valence-electron chi connectivity index (χ1n) is 9.59. The number of aromatic nitrogens is 1. The van der Waals surface area contributed by atoms with Crippen molar-refractivity contribution in [3.63, 3.8) is 0 Å². The molecule has 0 saturated carbocycles. The summed E-state index contributed by atoms with van der Waals surface area (Å²) in [6, 6.07) is 20.8. The first-order valence-corrected chi connectivity index (χ1v) is 9.59. The van der Waals surface area contributed by atoms with Gasteiger partial charge in [-0.15, -0.1) is 0 Å². The van der Waals surface area contributed by atoms with E-state index in [1.165, 1.54) is 11.1 Å². The molecule has 0 aliphatic carbocycles. The normalized spacial score (nSPS) is 14.5. The SMILES string of the molecule is Cc1c(-c2ccccc2)cccc1-c1nc2cc3c(cc2o1)OCCN(C)C3. The topological polar surface area (TPSA) is 38.5 Å². The maximum Gasteiger partial charge on any atom is 0.227 e. The van der Waals surface area contributed by atoms with Crippen LogP contribution in [0.25, 0.3) is 33.7 Å². The molecule has 1 aromatic heterocycles. The van der Waals surface area contributed by atoms with Gasteiger partial charge in [0.15, 0.2) is 5.58 Å². The number of hydrogen-bond donors (Lipinski definition) is 0. The van der Waals surface area contributed by atoms with E-state index in [2.05, 4.69) is 67.4 Å². The highest BCUT2D eigenvalue weighted by Crippen LogP contribution is 2.35. The highest BCUT2D eigenvalue weighted by molar-refractivity contribution is 5.81. The van der Waals surface area contributed by atoms with E-state index in [0.717, 1.165) is 46.6 Å². The van der Waals surface area contributed by atoms with Crippen LogP contribution in [0.5, 0.6) is 5.75 Å². The van der Waals surface area contributed by atoms with Gasteiger partial charge < -0.3 is 9.15 Å². The zero-order chi connectivity index (χ0) is 19.1. The summed E-state index contributed by atoms with van der Waals surface area (Å²) in [7, 11) is 2.11. The van der Waals surface area contributed by atoms with Crippen LogP contribution >= 0.6 is 0 Å². The molecule has 4 aromatic rings. The first kappa shape index (κ1) is 17.0. The predicted molar refractivity (Wildman–Crippen MR) is 111 cm³/mol. The fourth-order valence-corrected chi connectivity index (χ4v) is 3.85. The predicted octanol–water partition coefficient (Wildman–Crippen LogP) is 5.29. The molecular weight excluding hydrogens is 348 g/mol. The van der Waals surface area contributed by atoms with Gasteiger partial charge in [0.2, 0.25) is 5.89 Å². The second-order valence-corrected chi connectivity index (χ2v) is 7.38. The van der Waals surface area contributed by atoms with Gasteiger partial charge in [0.05, 0.1) is 0 Å². The molecule has 2 heterocycles. The molecule has 0 saturated heterocycles. The lowest BCUT2D eigenvalue weighted by Crippen LogP contribution is -2.20. The smallest absolute Gasteiger partial charge is 0.227 e. The number of benzene rings is 3. The van der Waals surface area contributed by atoms with Crippen LogP contribution in [0.15, 0.2) is 65.1 Å². The van der Waals surface area contributed by atoms with E-state index < -0.39 is 0 Å². The second kappa shape index (κ2) is 6.80. The zero-order valence-corrected chi connectivity index (χ0v) is 16.1. The van der Waals surface area contributed by atoms with E-state index in [9.17, 15) is 0 Å². The molecule has 0 bridgehead atoms. The molecular formula is C24H22N2O2. The van der Waals surface area contributed by atoms with Crippen LogP contribution in [0, 0.1) is 6.92 Å². The van der Waals surface area contributed by atoms with Gasteiger partial charge in [-0.05, 0) is 42.8 Å². The minimum absolute atomic E-state index is 0.652. The van der Waals surface area contributed by atoms with Crippen molar-refractivity contribution in [3.05, 3.63) is 71.8 Å². The summed E-state index contributed by atoms with van der Waals surface area (Å²) in [5.41, 5.74) is 7.37. The van der Waals surface area contributed by atoms with E-state index in [1.807, 2.05) is 12.1 Å². The van der Waals surface area contributed by atoms with Crippen LogP contribution in [-0.4, -0.2) is 30.1 Å². The van der Waals surface area contributed by atoms with Crippen molar-refractivity contribution >= 4 is 11.1 Å². The minimum Gasteiger partial charge on any atom is -0.492 e. The largest absolute Gasteiger partial charge is 0.492 e. The molecule has 4 heteroatoms. The minimum atomic E-state index is 0.652. The summed E-state index contributed by atoms with van der Waals surface area (Å²) in [4.78, 5) is 7.06. The van der Waals surface area contributed by atoms with Crippen LogP contribution in [0.3, 0.4) is 0 Å². The summed E-state index contributed by atoms with van der Waals surface area (Å²) in [6.07, 6.45) is 0. The van der Waals surface area contributed by atoms with E-state index in [0.29, 0.717) is 12.5 Å². The Bertz CT molecular complexity index is 1150. The van der Waals surface area contributed by atoms with Crippen molar-refractivity contribution in [1.29, 1.82) is 0 Å². The van der Waals surface area contributed by atoms with Gasteiger partial charge in [-0.2, -0.15) is 0 Å². The van der Waals surface area contributed by atoms with Gasteiger partial charge in [-0.25, -0.2) is 4.98 Å². The van der Waals surface area contributed by atoms with Crippen LogP contribution < -0.4 is 4.74 Å². The highest BCUT2D eigenvalue weighted by atomic mass is 16.5. The summed E-state index contributed by atoms with van der Waals surface area (Å²) in [5.74, 6) is 1.55. The standard InChI is InChI=1S/C24H22N2O2/c1-16-19(17-7-4-3-5-8-17)9-6-10-20(16)24-25-21-13-18-15-26(2)11-12-27-22(18)14-23(21)28-24/h3-10,13-14H,11-12,15H2,1-2H3. The molecule has 4 nitrogen and oxygen atoms in total. The van der Waals surface area contributed by atoms with Crippen LogP contribution in [-0.2, 0) is 6.54 Å². The molecule has 0 N–H and O–H groups in total. The molecule has 140 valence electrons. The summed E-state index contributed by atoms with van der Waals surface area (Å²) >= 11 is 0. The molecule has 28 heavy (non-hydrogen) atoms. The fraction of sp³-hybridized carbons (Fsp3) is 0.208. The summed E-state index contributed by atoms with van der Waals surface area (Å²) in [5, 5.41) is 0. The van der Waals surface area contributed by atoms with Gasteiger partial charge in [-0.3, -0.25) is 4.90 Å². The number of fused-ring (bicyclic) bond motifs is 2. The monoisotopic (exact) mass is 370 g/mol. The maximum absolute atomic E-state index is 6.15. The van der Waals surface area contributed by atoms with Crippen molar-refractivity contribution in [2.45, 2.75) is 13.5 Å². The quantitative estimate of drug-likeness (QED) is 0.480. The lowest BCUT2D eigenvalue weighted by molar-refractivity contribution is 0.259. The molecule has 1 aliphatic heterocycles. The molecule has 3 aromatic carbocycles. The Morgan fingerprint density at radius 2 is 1.79 bits per heavy atom. The first-order chi connectivity index (χ1) is 13.7. The van der Waals surface area contributed by atoms with Crippen molar-refractivity contribution in [2.75, 3.05) is 20.2 Å². The summed E-state index contributed by atoms with van der Waals surface area (Å²) < 4.78 is 12.1. The van der Waals surface area contributed by atoms with E-state index >= 15 is 0 Å². The Balaban J connectivity index is 1.61. The second-order valence-electron chi connectivity index (χ2n) is 7.38. The van der Waals surface area contributed by atoms with Gasteiger partial charge in [0, 0.05) is 30.3 Å². The zero-order valence-electron chi connectivity index (χ0n) is 16.1. The Kier molecular flexibility index (Phi) is 4.14. The summed E-state index contributed by atoms with van der Waals surface area (Å²) in [6.45, 7) is 4.59. The van der Waals surface area contributed by atoms with Crippen molar-refractivity contribution in [3.8, 4) is 28.3 Å². The maximum atomic E-state index is 6.15. The molecule has 0 fully saturated rings. The fourth-order valence-electron chi connectivity index (χ4n) is 3.85. The molecule has 5 rings (SSSR count). The van der Waals surface area contributed by atoms with Crippen LogP contribution in [0.2, 0.25) is 0 Å². The molecule has 0 unspecified atom stereocenters. The third kappa shape index (κ3) is 2.96. The number of rotatable bonds is 2. The van der Waals surface area contributed by atoms with Gasteiger partial charge in [0.1, 0.15) is 17.9 Å². The van der Waals surface area contributed by atoms with Crippen LogP contribution in [0.1, 0.15) is 11.1 Å². The lowest BCUT2D eigenvalue weighted by Gasteiger charge is -2.10. The van der Waals surface area contributed by atoms with Crippen molar-refractivity contribution < 1.29 is 9.15 Å². The lowest BCUT2D eigenvalue weighted by atomic mass is 9.96. The van der Waals surface area contributed by atoms with E-state index in [1.54, 1.807) is 0 Å². The molecule has 0 radical (unpaired) electrons. The molecule has 0 atom stereocenters. The Morgan fingerprint density at radius 1 is 0.964 bits per heavy atom. The molecule has 0 spiro atoms. The Labute approximate surface area is 164 Å². The average Bonchev–Trinajstić information content (AvgIpc) is 3.02. The third-order valence-corrected chi connectivity index (χ3v) is 5.39. The van der Waals surface area contributed by atoms with Crippen molar-refractivity contribution in [2.24, 2.45) is 0 Å². The van der Waals surface area contributed by atoms with Gasteiger partial charge in [0.25, 0.3) is 0 Å². The van der Waals surface area contributed by atoms with E-state index in [4.69, 9.17) is 14.1 Å². The number of likely N-dealkylation sites (N-methyl/N-ethyl adjacent to an activating group) is 1. The number of hydrogen-bond acceptors (Lipinski definition) is 4. The van der Waals surface area contributed by atoms with Crippen molar-refractivity contribution in [1.82, 2.24) is 9.88 Å². The third-order valence-electron chi connectivity index (χ3n) is 5.39. The van der Waals surface area contributed by atoms with E-state index in [-0.39, 0.29) is 0 Å².